The molecule has 1 saturated heterocycles. The zero-order valence-electron chi connectivity index (χ0n) is 15.3. The van der Waals surface area contributed by atoms with Crippen LogP contribution in [-0.4, -0.2) is 50.8 Å². The fourth-order valence-electron chi connectivity index (χ4n) is 3.01. The number of guanidine groups is 1. The van der Waals surface area contributed by atoms with Crippen LogP contribution in [0.15, 0.2) is 23.3 Å². The molecule has 0 atom stereocenters. The fraction of sp³-hybridized carbons (Fsp3) is 0.684. The molecule has 0 radical (unpaired) electrons. The molecule has 1 aromatic heterocycles. The maximum atomic E-state index is 5.65. The Morgan fingerprint density at radius 2 is 2.16 bits per heavy atom. The molecule has 1 aromatic rings. The number of rotatable bonds is 9. The molecule has 1 saturated carbocycles. The van der Waals surface area contributed by atoms with Crippen molar-refractivity contribution in [2.45, 2.75) is 38.6 Å². The molecular weight excluding hydrogens is 314 g/mol. The first kappa shape index (κ1) is 18.0. The molecule has 2 fully saturated rings. The number of aliphatic imine (C=N–C) groups is 1. The van der Waals surface area contributed by atoms with E-state index in [-0.39, 0.29) is 0 Å². The highest BCUT2D eigenvalue weighted by molar-refractivity contribution is 5.79. The lowest BCUT2D eigenvalue weighted by Gasteiger charge is -2.17. The van der Waals surface area contributed by atoms with Gasteiger partial charge in [0.05, 0.1) is 0 Å². The highest BCUT2D eigenvalue weighted by Gasteiger charge is 2.20. The first-order valence-electron chi connectivity index (χ1n) is 9.57. The predicted octanol–water partition coefficient (Wildman–Crippen LogP) is 2.16. The Hall–Kier alpha value is -1.82. The number of pyridine rings is 1. The summed E-state index contributed by atoms with van der Waals surface area (Å²) in [6.45, 7) is 5.63. The molecular formula is C19H31N5O. The fourth-order valence-corrected chi connectivity index (χ4v) is 3.01. The van der Waals surface area contributed by atoms with Crippen LogP contribution in [0.25, 0.3) is 0 Å². The summed E-state index contributed by atoms with van der Waals surface area (Å²) < 4.78 is 5.65. The molecule has 0 unspecified atom stereocenters. The van der Waals surface area contributed by atoms with Crippen molar-refractivity contribution in [2.75, 3.05) is 44.8 Å². The van der Waals surface area contributed by atoms with Crippen molar-refractivity contribution in [2.24, 2.45) is 10.9 Å². The summed E-state index contributed by atoms with van der Waals surface area (Å²) in [6, 6.07) is 4.24. The normalized spacial score (nSPS) is 17.8. The third-order valence-corrected chi connectivity index (χ3v) is 4.73. The Labute approximate surface area is 151 Å². The van der Waals surface area contributed by atoms with Crippen LogP contribution < -0.4 is 15.5 Å². The van der Waals surface area contributed by atoms with E-state index in [1.807, 2.05) is 6.20 Å². The van der Waals surface area contributed by atoms with Gasteiger partial charge >= 0.3 is 0 Å². The van der Waals surface area contributed by atoms with Crippen molar-refractivity contribution in [1.82, 2.24) is 15.6 Å². The van der Waals surface area contributed by atoms with Crippen LogP contribution in [0.3, 0.4) is 0 Å². The van der Waals surface area contributed by atoms with Gasteiger partial charge in [-0.05, 0) is 55.7 Å². The van der Waals surface area contributed by atoms with Crippen LogP contribution in [0.1, 0.15) is 37.7 Å². The van der Waals surface area contributed by atoms with E-state index >= 15 is 0 Å². The van der Waals surface area contributed by atoms with Crippen molar-refractivity contribution in [3.05, 3.63) is 23.9 Å². The Morgan fingerprint density at radius 3 is 2.92 bits per heavy atom. The van der Waals surface area contributed by atoms with E-state index in [1.165, 1.54) is 31.2 Å². The molecule has 2 aliphatic rings. The Bertz CT molecular complexity index is 553. The van der Waals surface area contributed by atoms with Gasteiger partial charge in [0.1, 0.15) is 5.82 Å². The molecule has 0 bridgehead atoms. The van der Waals surface area contributed by atoms with Crippen LogP contribution in [0.2, 0.25) is 0 Å². The standard InChI is InChI=1S/C19H31N5O/c1-20-19(22-8-4-12-25-15-16-5-6-16)23-14-17-7-9-21-18(13-17)24-10-2-3-11-24/h7,9,13,16H,2-6,8,10-12,14-15H2,1H3,(H2,20,22,23). The van der Waals surface area contributed by atoms with E-state index in [0.29, 0.717) is 0 Å². The van der Waals surface area contributed by atoms with Crippen LogP contribution in [-0.2, 0) is 11.3 Å². The minimum Gasteiger partial charge on any atom is -0.381 e. The molecule has 0 amide bonds. The molecule has 25 heavy (non-hydrogen) atoms. The second-order valence-electron chi connectivity index (χ2n) is 6.94. The summed E-state index contributed by atoms with van der Waals surface area (Å²) >= 11 is 0. The largest absolute Gasteiger partial charge is 0.381 e. The average molecular weight is 345 g/mol. The summed E-state index contributed by atoms with van der Waals surface area (Å²) in [5.41, 5.74) is 1.23. The van der Waals surface area contributed by atoms with E-state index in [4.69, 9.17) is 4.74 Å². The summed E-state index contributed by atoms with van der Waals surface area (Å²) in [5, 5.41) is 6.72. The third-order valence-electron chi connectivity index (χ3n) is 4.73. The average Bonchev–Trinajstić information content (AvgIpc) is 3.30. The van der Waals surface area contributed by atoms with Crippen molar-refractivity contribution in [3.63, 3.8) is 0 Å². The van der Waals surface area contributed by atoms with E-state index in [9.17, 15) is 0 Å². The van der Waals surface area contributed by atoms with Crippen molar-refractivity contribution < 1.29 is 4.74 Å². The van der Waals surface area contributed by atoms with Gasteiger partial charge in [-0.2, -0.15) is 0 Å². The lowest BCUT2D eigenvalue weighted by atomic mass is 10.2. The van der Waals surface area contributed by atoms with E-state index in [2.05, 4.69) is 37.6 Å². The van der Waals surface area contributed by atoms with E-state index in [1.54, 1.807) is 7.05 Å². The van der Waals surface area contributed by atoms with Crippen molar-refractivity contribution in [3.8, 4) is 0 Å². The molecule has 138 valence electrons. The Morgan fingerprint density at radius 1 is 1.32 bits per heavy atom. The molecule has 1 aliphatic carbocycles. The van der Waals surface area contributed by atoms with Gasteiger partial charge in [0, 0.05) is 52.6 Å². The highest BCUT2D eigenvalue weighted by atomic mass is 16.5. The molecule has 0 spiro atoms. The van der Waals surface area contributed by atoms with Crippen LogP contribution in [0.4, 0.5) is 5.82 Å². The van der Waals surface area contributed by atoms with E-state index in [0.717, 1.165) is 63.5 Å². The second-order valence-corrected chi connectivity index (χ2v) is 6.94. The number of aromatic nitrogens is 1. The van der Waals surface area contributed by atoms with Crippen molar-refractivity contribution in [1.29, 1.82) is 0 Å². The van der Waals surface area contributed by atoms with Crippen molar-refractivity contribution >= 4 is 11.8 Å². The number of ether oxygens (including phenoxy) is 1. The van der Waals surface area contributed by atoms with Gasteiger partial charge in [-0.25, -0.2) is 4.98 Å². The van der Waals surface area contributed by atoms with Gasteiger partial charge in [0.15, 0.2) is 5.96 Å². The lowest BCUT2D eigenvalue weighted by molar-refractivity contribution is 0.123. The second kappa shape index (κ2) is 9.61. The topological polar surface area (TPSA) is 61.8 Å². The third kappa shape index (κ3) is 6.20. The maximum absolute atomic E-state index is 5.65. The van der Waals surface area contributed by atoms with Gasteiger partial charge in [-0.3, -0.25) is 4.99 Å². The SMILES string of the molecule is CN=C(NCCCOCC1CC1)NCc1ccnc(N2CCCC2)c1. The number of hydrogen-bond acceptors (Lipinski definition) is 4. The van der Waals surface area contributed by atoms with Crippen LogP contribution >= 0.6 is 0 Å². The summed E-state index contributed by atoms with van der Waals surface area (Å²) in [5.74, 6) is 2.77. The number of nitrogens with one attached hydrogen (secondary N) is 2. The Kier molecular flexibility index (Phi) is 6.91. The van der Waals surface area contributed by atoms with Crippen LogP contribution in [0, 0.1) is 5.92 Å². The van der Waals surface area contributed by atoms with Gasteiger partial charge < -0.3 is 20.3 Å². The molecule has 6 heteroatoms. The molecule has 0 aromatic carbocycles. The predicted molar refractivity (Wildman–Crippen MR) is 102 cm³/mol. The van der Waals surface area contributed by atoms with Gasteiger partial charge in [0.25, 0.3) is 0 Å². The molecule has 6 nitrogen and oxygen atoms in total. The Balaban J connectivity index is 1.34. The molecule has 2 heterocycles. The maximum Gasteiger partial charge on any atom is 0.191 e. The zero-order valence-corrected chi connectivity index (χ0v) is 15.3. The first-order valence-corrected chi connectivity index (χ1v) is 9.57. The number of nitrogens with zero attached hydrogens (tertiary/aromatic N) is 3. The van der Waals surface area contributed by atoms with Gasteiger partial charge in [-0.15, -0.1) is 0 Å². The number of hydrogen-bond donors (Lipinski definition) is 2. The summed E-state index contributed by atoms with van der Waals surface area (Å²) in [4.78, 5) is 11.1. The molecule has 2 N–H and O–H groups in total. The summed E-state index contributed by atoms with van der Waals surface area (Å²) in [7, 11) is 1.81. The summed E-state index contributed by atoms with van der Waals surface area (Å²) in [6.07, 6.45) is 8.14. The minimum absolute atomic E-state index is 0.751. The molecule has 1 aliphatic heterocycles. The zero-order chi connectivity index (χ0) is 17.3. The molecule has 3 rings (SSSR count). The van der Waals surface area contributed by atoms with Gasteiger partial charge in [0.2, 0.25) is 0 Å². The minimum atomic E-state index is 0.751. The monoisotopic (exact) mass is 345 g/mol. The van der Waals surface area contributed by atoms with Gasteiger partial charge in [-0.1, -0.05) is 0 Å². The van der Waals surface area contributed by atoms with Crippen LogP contribution in [0.5, 0.6) is 0 Å². The van der Waals surface area contributed by atoms with E-state index < -0.39 is 0 Å². The lowest BCUT2D eigenvalue weighted by Crippen LogP contribution is -2.37. The first-order chi connectivity index (χ1) is 12.3. The quantitative estimate of drug-likeness (QED) is 0.408. The number of anilines is 1. The smallest absolute Gasteiger partial charge is 0.191 e. The highest BCUT2D eigenvalue weighted by Crippen LogP contribution is 2.28.